The minimum absolute atomic E-state index is 0. The van der Waals surface area contributed by atoms with Crippen LogP contribution in [0.1, 0.15) is 38.3 Å². The van der Waals surface area contributed by atoms with Crippen LogP contribution in [0, 0.1) is 5.41 Å². The Bertz CT molecular complexity index is 635. The monoisotopic (exact) mass is 372 g/mol. The second-order valence-electron chi connectivity index (χ2n) is 7.20. The lowest BCUT2D eigenvalue weighted by atomic mass is 9.54. The van der Waals surface area contributed by atoms with E-state index in [2.05, 4.69) is 0 Å². The Labute approximate surface area is 155 Å². The second kappa shape index (κ2) is 6.83. The van der Waals surface area contributed by atoms with Gasteiger partial charge >= 0.3 is 0 Å². The van der Waals surface area contributed by atoms with Crippen LogP contribution in [0.3, 0.4) is 0 Å². The molecule has 134 valence electrons. The maximum Gasteiger partial charge on any atom is 0.243 e. The third kappa shape index (κ3) is 2.84. The molecule has 0 bridgehead atoms. The van der Waals surface area contributed by atoms with Gasteiger partial charge < -0.3 is 15.4 Å². The first-order chi connectivity index (χ1) is 10.8. The summed E-state index contributed by atoms with van der Waals surface area (Å²) in [4.78, 5) is 15.0. The Morgan fingerprint density at radius 1 is 1.46 bits per heavy atom. The van der Waals surface area contributed by atoms with Crippen molar-refractivity contribution in [1.82, 2.24) is 4.90 Å². The average Bonchev–Trinajstić information content (AvgIpc) is 2.53. The molecule has 0 spiro atoms. The van der Waals surface area contributed by atoms with E-state index in [1.165, 1.54) is 0 Å². The number of carbonyl (C=O) groups is 1. The van der Waals surface area contributed by atoms with Crippen molar-refractivity contribution in [1.29, 1.82) is 0 Å². The standard InChI is InChI=1S/C18H25ClN2O2.ClH/c1-4-23-15-10-18(20,17(15,2)3)16(22)21-9-8-13-12(11-21)6-5-7-14(13)19;/h5-7,15H,4,8-11,20H2,1-3H3;1H. The SMILES string of the molecule is CCOC1CC(N)(C(=O)N2CCc3c(Cl)cccc3C2)C1(C)C.Cl. The highest BCUT2D eigenvalue weighted by Crippen LogP contribution is 2.50. The van der Waals surface area contributed by atoms with Crippen molar-refractivity contribution in [3.05, 3.63) is 34.3 Å². The van der Waals surface area contributed by atoms with Gasteiger partial charge in [0.25, 0.3) is 0 Å². The average molecular weight is 373 g/mol. The molecule has 0 saturated heterocycles. The highest BCUT2D eigenvalue weighted by Gasteiger charge is 2.63. The lowest BCUT2D eigenvalue weighted by Gasteiger charge is -2.58. The number of rotatable bonds is 3. The zero-order valence-corrected chi connectivity index (χ0v) is 16.0. The largest absolute Gasteiger partial charge is 0.378 e. The molecule has 1 aliphatic heterocycles. The van der Waals surface area contributed by atoms with Gasteiger partial charge in [0.1, 0.15) is 5.54 Å². The molecule has 1 aromatic carbocycles. The van der Waals surface area contributed by atoms with E-state index in [0.717, 1.165) is 22.6 Å². The van der Waals surface area contributed by atoms with Crippen LogP contribution in [-0.2, 0) is 22.5 Å². The smallest absolute Gasteiger partial charge is 0.243 e. The van der Waals surface area contributed by atoms with E-state index in [-0.39, 0.29) is 29.8 Å². The number of amides is 1. The van der Waals surface area contributed by atoms with Gasteiger partial charge in [-0.3, -0.25) is 4.79 Å². The molecule has 24 heavy (non-hydrogen) atoms. The summed E-state index contributed by atoms with van der Waals surface area (Å²) in [6.45, 7) is 7.94. The molecule has 1 fully saturated rings. The van der Waals surface area contributed by atoms with Crippen molar-refractivity contribution >= 4 is 29.9 Å². The minimum Gasteiger partial charge on any atom is -0.378 e. The molecule has 2 unspecified atom stereocenters. The molecular formula is C18H26Cl2N2O2. The molecule has 6 heteroatoms. The summed E-state index contributed by atoms with van der Waals surface area (Å²) in [5.41, 5.74) is 7.61. The summed E-state index contributed by atoms with van der Waals surface area (Å²) < 4.78 is 5.73. The molecule has 3 rings (SSSR count). The van der Waals surface area contributed by atoms with E-state index in [4.69, 9.17) is 22.1 Å². The number of carbonyl (C=O) groups excluding carboxylic acids is 1. The summed E-state index contributed by atoms with van der Waals surface area (Å²) in [7, 11) is 0. The van der Waals surface area contributed by atoms with Crippen molar-refractivity contribution in [3.8, 4) is 0 Å². The van der Waals surface area contributed by atoms with Crippen LogP contribution < -0.4 is 5.73 Å². The number of fused-ring (bicyclic) bond motifs is 1. The first-order valence-corrected chi connectivity index (χ1v) is 8.65. The maximum atomic E-state index is 13.1. The first-order valence-electron chi connectivity index (χ1n) is 8.27. The van der Waals surface area contributed by atoms with Crippen LogP contribution in [0.15, 0.2) is 18.2 Å². The number of halogens is 2. The van der Waals surface area contributed by atoms with Gasteiger partial charge in [0.2, 0.25) is 5.91 Å². The molecule has 0 radical (unpaired) electrons. The lowest BCUT2D eigenvalue weighted by molar-refractivity contribution is -0.180. The van der Waals surface area contributed by atoms with Crippen molar-refractivity contribution in [3.63, 3.8) is 0 Å². The number of hydrogen-bond donors (Lipinski definition) is 1. The molecule has 2 atom stereocenters. The molecular weight excluding hydrogens is 347 g/mol. The molecule has 2 aliphatic rings. The quantitative estimate of drug-likeness (QED) is 0.886. The molecule has 1 aliphatic carbocycles. The Hall–Kier alpha value is -0.810. The van der Waals surface area contributed by atoms with Crippen LogP contribution in [0.2, 0.25) is 5.02 Å². The Kier molecular flexibility index (Phi) is 5.55. The van der Waals surface area contributed by atoms with E-state index in [1.807, 2.05) is 43.9 Å². The van der Waals surface area contributed by atoms with Gasteiger partial charge in [-0.15, -0.1) is 12.4 Å². The van der Waals surface area contributed by atoms with Gasteiger partial charge in [-0.1, -0.05) is 37.6 Å². The van der Waals surface area contributed by atoms with Crippen molar-refractivity contribution in [2.45, 2.75) is 51.8 Å². The third-order valence-corrected chi connectivity index (χ3v) is 6.06. The predicted molar refractivity (Wildman–Crippen MR) is 98.6 cm³/mol. The fourth-order valence-corrected chi connectivity index (χ4v) is 4.11. The Morgan fingerprint density at radius 2 is 2.17 bits per heavy atom. The second-order valence-corrected chi connectivity index (χ2v) is 7.60. The zero-order valence-electron chi connectivity index (χ0n) is 14.5. The molecule has 1 aromatic rings. The third-order valence-electron chi connectivity index (χ3n) is 5.71. The molecule has 0 aromatic heterocycles. The van der Waals surface area contributed by atoms with Gasteiger partial charge in [0.15, 0.2) is 0 Å². The normalized spacial score (nSPS) is 27.7. The van der Waals surface area contributed by atoms with Crippen LogP contribution in [0.25, 0.3) is 0 Å². The topological polar surface area (TPSA) is 55.6 Å². The summed E-state index contributed by atoms with van der Waals surface area (Å²) in [6.07, 6.45) is 1.42. The van der Waals surface area contributed by atoms with Gasteiger partial charge in [-0.25, -0.2) is 0 Å². The zero-order chi connectivity index (χ0) is 16.8. The predicted octanol–water partition coefficient (Wildman–Crippen LogP) is 3.18. The fourth-order valence-electron chi connectivity index (χ4n) is 3.82. The van der Waals surface area contributed by atoms with Crippen LogP contribution in [-0.4, -0.2) is 35.6 Å². The maximum absolute atomic E-state index is 13.1. The molecule has 4 nitrogen and oxygen atoms in total. The number of hydrogen-bond acceptors (Lipinski definition) is 3. The Balaban J connectivity index is 0.00000208. The van der Waals surface area contributed by atoms with Gasteiger partial charge in [0, 0.05) is 36.6 Å². The fraction of sp³-hybridized carbons (Fsp3) is 0.611. The summed E-state index contributed by atoms with van der Waals surface area (Å²) in [6, 6.07) is 5.88. The van der Waals surface area contributed by atoms with Crippen molar-refractivity contribution < 1.29 is 9.53 Å². The molecule has 1 amide bonds. The highest BCUT2D eigenvalue weighted by molar-refractivity contribution is 6.31. The van der Waals surface area contributed by atoms with Gasteiger partial charge in [-0.2, -0.15) is 0 Å². The van der Waals surface area contributed by atoms with E-state index in [1.54, 1.807) is 0 Å². The summed E-state index contributed by atoms with van der Waals surface area (Å²) >= 11 is 6.25. The number of benzene rings is 1. The van der Waals surface area contributed by atoms with Crippen LogP contribution in [0.4, 0.5) is 0 Å². The lowest BCUT2D eigenvalue weighted by Crippen LogP contribution is -2.76. The van der Waals surface area contributed by atoms with Crippen LogP contribution >= 0.6 is 24.0 Å². The van der Waals surface area contributed by atoms with E-state index in [9.17, 15) is 4.79 Å². The van der Waals surface area contributed by atoms with Crippen molar-refractivity contribution in [2.75, 3.05) is 13.2 Å². The van der Waals surface area contributed by atoms with Crippen LogP contribution in [0.5, 0.6) is 0 Å². The first kappa shape index (κ1) is 19.5. The number of nitrogens with two attached hydrogens (primary N) is 1. The summed E-state index contributed by atoms with van der Waals surface area (Å²) in [5, 5.41) is 0.789. The van der Waals surface area contributed by atoms with Gasteiger partial charge in [0.05, 0.1) is 6.10 Å². The van der Waals surface area contributed by atoms with Crippen molar-refractivity contribution in [2.24, 2.45) is 11.1 Å². The minimum atomic E-state index is -0.844. The number of nitrogens with zero attached hydrogens (tertiary/aromatic N) is 1. The highest BCUT2D eigenvalue weighted by atomic mass is 35.5. The summed E-state index contributed by atoms with van der Waals surface area (Å²) in [5.74, 6) is 0.0316. The van der Waals surface area contributed by atoms with E-state index < -0.39 is 5.54 Å². The van der Waals surface area contributed by atoms with E-state index >= 15 is 0 Å². The number of ether oxygens (including phenoxy) is 1. The molecule has 2 N–H and O–H groups in total. The molecule has 1 saturated carbocycles. The Morgan fingerprint density at radius 3 is 2.79 bits per heavy atom. The van der Waals surface area contributed by atoms with Gasteiger partial charge in [-0.05, 0) is 30.5 Å². The molecule has 1 heterocycles. The van der Waals surface area contributed by atoms with E-state index in [0.29, 0.717) is 26.1 Å².